The molecule has 1 fully saturated rings. The Balaban J connectivity index is 1.94. The Bertz CT molecular complexity index is 342. The quantitative estimate of drug-likeness (QED) is 0.862. The molecule has 1 unspecified atom stereocenters. The van der Waals surface area contributed by atoms with E-state index in [2.05, 4.69) is 22.3 Å². The van der Waals surface area contributed by atoms with Crippen molar-refractivity contribution in [3.05, 3.63) is 29.3 Å². The maximum Gasteiger partial charge on any atom is 0.0431 e. The monoisotopic (exact) mass is 254 g/mol. The van der Waals surface area contributed by atoms with E-state index in [9.17, 15) is 0 Å². The van der Waals surface area contributed by atoms with Gasteiger partial charge in [0.25, 0.3) is 0 Å². The molecule has 1 aromatic carbocycles. The summed E-state index contributed by atoms with van der Waals surface area (Å²) in [5.41, 5.74) is 1.23. The molecule has 3 nitrogen and oxygen atoms in total. The van der Waals surface area contributed by atoms with E-state index >= 15 is 0 Å². The summed E-state index contributed by atoms with van der Waals surface area (Å²) in [6.07, 6.45) is 1.90. The van der Waals surface area contributed by atoms with Gasteiger partial charge in [0, 0.05) is 43.0 Å². The minimum atomic E-state index is 0.277. The second kappa shape index (κ2) is 6.24. The van der Waals surface area contributed by atoms with Crippen molar-refractivity contribution in [1.29, 1.82) is 0 Å². The molecule has 1 aliphatic rings. The Labute approximate surface area is 107 Å². The lowest BCUT2D eigenvalue weighted by molar-refractivity contribution is 0.272. The molecule has 1 heterocycles. The number of hydrogen-bond donors (Lipinski definition) is 2. The Morgan fingerprint density at radius 3 is 2.82 bits per heavy atom. The normalized spacial score (nSPS) is 20.6. The first kappa shape index (κ1) is 12.7. The first-order valence-electron chi connectivity index (χ1n) is 6.14. The lowest BCUT2D eigenvalue weighted by atomic mass is 10.1. The van der Waals surface area contributed by atoms with Crippen molar-refractivity contribution >= 4 is 17.3 Å². The van der Waals surface area contributed by atoms with Gasteiger partial charge in [-0.1, -0.05) is 11.6 Å². The van der Waals surface area contributed by atoms with Crippen molar-refractivity contribution in [3.8, 4) is 0 Å². The smallest absolute Gasteiger partial charge is 0.0431 e. The zero-order valence-corrected chi connectivity index (χ0v) is 10.7. The SMILES string of the molecule is OCCCC1CN(c2ccc(Cl)cc2)CCN1. The molecule has 1 aliphatic heterocycles. The van der Waals surface area contributed by atoms with Crippen molar-refractivity contribution in [1.82, 2.24) is 5.32 Å². The highest BCUT2D eigenvalue weighted by Gasteiger charge is 2.18. The molecule has 0 saturated carbocycles. The average molecular weight is 255 g/mol. The molecular formula is C13H19ClN2O. The lowest BCUT2D eigenvalue weighted by Crippen LogP contribution is -2.50. The van der Waals surface area contributed by atoms with Crippen LogP contribution in [0.5, 0.6) is 0 Å². The van der Waals surface area contributed by atoms with Gasteiger partial charge in [-0.15, -0.1) is 0 Å². The second-order valence-corrected chi connectivity index (χ2v) is 4.88. The molecule has 0 bridgehead atoms. The number of nitrogens with zero attached hydrogens (tertiary/aromatic N) is 1. The van der Waals surface area contributed by atoms with Crippen molar-refractivity contribution in [2.45, 2.75) is 18.9 Å². The first-order chi connectivity index (χ1) is 8.29. The number of piperazine rings is 1. The lowest BCUT2D eigenvalue weighted by Gasteiger charge is -2.35. The summed E-state index contributed by atoms with van der Waals surface area (Å²) in [6.45, 7) is 3.30. The highest BCUT2D eigenvalue weighted by atomic mass is 35.5. The molecule has 1 atom stereocenters. The highest BCUT2D eigenvalue weighted by Crippen LogP contribution is 2.19. The summed E-state index contributed by atoms with van der Waals surface area (Å²) in [6, 6.07) is 8.48. The van der Waals surface area contributed by atoms with Crippen LogP contribution in [0.4, 0.5) is 5.69 Å². The van der Waals surface area contributed by atoms with Gasteiger partial charge >= 0.3 is 0 Å². The number of benzene rings is 1. The van der Waals surface area contributed by atoms with Crippen LogP contribution in [0.15, 0.2) is 24.3 Å². The minimum absolute atomic E-state index is 0.277. The summed E-state index contributed by atoms with van der Waals surface area (Å²) in [4.78, 5) is 2.37. The van der Waals surface area contributed by atoms with Crippen LogP contribution >= 0.6 is 11.6 Å². The molecule has 0 amide bonds. The van der Waals surface area contributed by atoms with E-state index in [1.54, 1.807) is 0 Å². The molecular weight excluding hydrogens is 236 g/mol. The van der Waals surface area contributed by atoms with Crippen LogP contribution in [0.3, 0.4) is 0 Å². The molecule has 2 N–H and O–H groups in total. The van der Waals surface area contributed by atoms with Gasteiger partial charge in [-0.05, 0) is 37.1 Å². The fourth-order valence-corrected chi connectivity index (χ4v) is 2.37. The molecule has 2 rings (SSSR count). The summed E-state index contributed by atoms with van der Waals surface area (Å²) >= 11 is 5.89. The zero-order valence-electron chi connectivity index (χ0n) is 9.90. The largest absolute Gasteiger partial charge is 0.396 e. The zero-order chi connectivity index (χ0) is 12.1. The van der Waals surface area contributed by atoms with Crippen LogP contribution in [0.1, 0.15) is 12.8 Å². The highest BCUT2D eigenvalue weighted by molar-refractivity contribution is 6.30. The van der Waals surface area contributed by atoms with Crippen molar-refractivity contribution in [2.24, 2.45) is 0 Å². The number of aliphatic hydroxyl groups is 1. The summed E-state index contributed by atoms with van der Waals surface area (Å²) in [7, 11) is 0. The predicted octanol–water partition coefficient (Wildman–Crippen LogP) is 1.89. The molecule has 1 aromatic rings. The van der Waals surface area contributed by atoms with Crippen LogP contribution in [-0.2, 0) is 0 Å². The molecule has 17 heavy (non-hydrogen) atoms. The van der Waals surface area contributed by atoms with E-state index in [0.29, 0.717) is 6.04 Å². The van der Waals surface area contributed by atoms with Crippen molar-refractivity contribution in [3.63, 3.8) is 0 Å². The Hall–Kier alpha value is -0.770. The van der Waals surface area contributed by atoms with E-state index in [1.807, 2.05) is 12.1 Å². The van der Waals surface area contributed by atoms with Gasteiger partial charge in [0.05, 0.1) is 0 Å². The number of hydrogen-bond acceptors (Lipinski definition) is 3. The van der Waals surface area contributed by atoms with Crippen molar-refractivity contribution < 1.29 is 5.11 Å². The Kier molecular flexibility index (Phi) is 4.66. The van der Waals surface area contributed by atoms with Gasteiger partial charge in [0.1, 0.15) is 0 Å². The number of nitrogens with one attached hydrogen (secondary N) is 1. The molecule has 1 saturated heterocycles. The summed E-state index contributed by atoms with van der Waals surface area (Å²) in [5.74, 6) is 0. The number of halogens is 1. The van der Waals surface area contributed by atoms with Crippen LogP contribution < -0.4 is 10.2 Å². The van der Waals surface area contributed by atoms with E-state index in [1.165, 1.54) is 5.69 Å². The second-order valence-electron chi connectivity index (χ2n) is 4.44. The van der Waals surface area contributed by atoms with Crippen LogP contribution in [0.2, 0.25) is 5.02 Å². The van der Waals surface area contributed by atoms with Gasteiger partial charge < -0.3 is 15.3 Å². The van der Waals surface area contributed by atoms with Crippen molar-refractivity contribution in [2.75, 3.05) is 31.1 Å². The van der Waals surface area contributed by atoms with E-state index in [4.69, 9.17) is 16.7 Å². The summed E-state index contributed by atoms with van der Waals surface area (Å²) < 4.78 is 0. The first-order valence-corrected chi connectivity index (χ1v) is 6.52. The van der Waals surface area contributed by atoms with Gasteiger partial charge in [-0.2, -0.15) is 0 Å². The molecule has 0 aliphatic carbocycles. The average Bonchev–Trinajstić information content (AvgIpc) is 2.37. The molecule has 0 radical (unpaired) electrons. The van der Waals surface area contributed by atoms with Crippen LogP contribution in [0.25, 0.3) is 0 Å². The van der Waals surface area contributed by atoms with Crippen LogP contribution in [-0.4, -0.2) is 37.4 Å². The third kappa shape index (κ3) is 3.60. The predicted molar refractivity (Wildman–Crippen MR) is 71.8 cm³/mol. The fourth-order valence-electron chi connectivity index (χ4n) is 2.24. The number of anilines is 1. The number of aliphatic hydroxyl groups excluding tert-OH is 1. The fraction of sp³-hybridized carbons (Fsp3) is 0.538. The third-order valence-electron chi connectivity index (χ3n) is 3.16. The van der Waals surface area contributed by atoms with Gasteiger partial charge in [0.2, 0.25) is 0 Å². The minimum Gasteiger partial charge on any atom is -0.396 e. The van der Waals surface area contributed by atoms with E-state index in [0.717, 1.165) is 37.5 Å². The molecule has 0 aromatic heterocycles. The Morgan fingerprint density at radius 1 is 1.35 bits per heavy atom. The number of rotatable bonds is 4. The molecule has 94 valence electrons. The van der Waals surface area contributed by atoms with Crippen LogP contribution in [0, 0.1) is 0 Å². The molecule has 4 heteroatoms. The van der Waals surface area contributed by atoms with Gasteiger partial charge in [0.15, 0.2) is 0 Å². The standard InChI is InChI=1S/C13H19ClN2O/c14-11-3-5-13(6-4-11)16-8-7-15-12(10-16)2-1-9-17/h3-6,12,15,17H,1-2,7-10H2. The topological polar surface area (TPSA) is 35.5 Å². The summed E-state index contributed by atoms with van der Waals surface area (Å²) in [5, 5.41) is 13.1. The van der Waals surface area contributed by atoms with E-state index in [-0.39, 0.29) is 6.61 Å². The van der Waals surface area contributed by atoms with Gasteiger partial charge in [-0.3, -0.25) is 0 Å². The van der Waals surface area contributed by atoms with E-state index < -0.39 is 0 Å². The van der Waals surface area contributed by atoms with Gasteiger partial charge in [-0.25, -0.2) is 0 Å². The maximum absolute atomic E-state index is 8.85. The molecule has 0 spiro atoms. The Morgan fingerprint density at radius 2 is 2.12 bits per heavy atom. The maximum atomic E-state index is 8.85. The third-order valence-corrected chi connectivity index (χ3v) is 3.41.